The van der Waals surface area contributed by atoms with E-state index < -0.39 is 0 Å². The Labute approximate surface area is 209 Å². The topological polar surface area (TPSA) is 79.0 Å². The van der Waals surface area contributed by atoms with Gasteiger partial charge in [0.05, 0.1) is 28.9 Å². The number of amides is 1. The highest BCUT2D eigenvalue weighted by atomic mass is 16.2. The zero-order chi connectivity index (χ0) is 24.6. The molecule has 4 aromatic rings. The SMILES string of the molecule is N#Cc1ccc2c(=O)n(CC3CCN(C(=O)CC4c5ccccc5-c5ccccc54)CC3)cnc2c1. The molecule has 36 heavy (non-hydrogen) atoms. The fraction of sp³-hybridized carbons (Fsp3) is 0.267. The van der Waals surface area contributed by atoms with Crippen LogP contribution in [-0.4, -0.2) is 33.4 Å². The lowest BCUT2D eigenvalue weighted by Crippen LogP contribution is -2.40. The van der Waals surface area contributed by atoms with Gasteiger partial charge < -0.3 is 4.90 Å². The maximum Gasteiger partial charge on any atom is 0.261 e. The van der Waals surface area contributed by atoms with E-state index in [0.29, 0.717) is 48.4 Å². The molecular weight excluding hydrogens is 448 g/mol. The molecule has 6 heteroatoms. The Morgan fingerprint density at radius 3 is 2.31 bits per heavy atom. The summed E-state index contributed by atoms with van der Waals surface area (Å²) in [4.78, 5) is 32.7. The molecule has 1 aliphatic carbocycles. The number of nitriles is 1. The molecule has 2 heterocycles. The van der Waals surface area contributed by atoms with Crippen LogP contribution in [0, 0.1) is 17.2 Å². The summed E-state index contributed by atoms with van der Waals surface area (Å²) in [5.41, 5.74) is 5.92. The average Bonchev–Trinajstić information content (AvgIpc) is 3.24. The summed E-state index contributed by atoms with van der Waals surface area (Å²) < 4.78 is 1.67. The molecule has 0 N–H and O–H groups in total. The van der Waals surface area contributed by atoms with Crippen molar-refractivity contribution in [2.75, 3.05) is 13.1 Å². The third-order valence-corrected chi connectivity index (χ3v) is 7.72. The molecule has 6 rings (SSSR count). The average molecular weight is 475 g/mol. The second-order valence-electron chi connectivity index (χ2n) is 9.80. The van der Waals surface area contributed by atoms with Crippen molar-refractivity contribution in [2.45, 2.75) is 31.7 Å². The Morgan fingerprint density at radius 1 is 0.972 bits per heavy atom. The van der Waals surface area contributed by atoms with E-state index in [2.05, 4.69) is 59.6 Å². The standard InChI is InChI=1S/C30H26N4O2/c31-17-21-9-10-26-28(15-21)32-19-34(30(26)36)18-20-11-13-33(14-12-20)29(35)16-27-24-7-3-1-5-22(24)23-6-2-4-8-25(23)27/h1-10,15,19-20,27H,11-14,16,18H2. The van der Waals surface area contributed by atoms with Crippen LogP contribution >= 0.6 is 0 Å². The highest BCUT2D eigenvalue weighted by molar-refractivity contribution is 5.84. The van der Waals surface area contributed by atoms with Crippen molar-refractivity contribution in [3.05, 3.63) is 100 Å². The van der Waals surface area contributed by atoms with Gasteiger partial charge in [-0.1, -0.05) is 48.5 Å². The van der Waals surface area contributed by atoms with Gasteiger partial charge in [-0.3, -0.25) is 14.2 Å². The van der Waals surface area contributed by atoms with Crippen LogP contribution in [-0.2, 0) is 11.3 Å². The van der Waals surface area contributed by atoms with E-state index in [-0.39, 0.29) is 17.4 Å². The van der Waals surface area contributed by atoms with Gasteiger partial charge in [0.2, 0.25) is 5.91 Å². The lowest BCUT2D eigenvalue weighted by atomic mass is 9.91. The van der Waals surface area contributed by atoms with E-state index in [0.717, 1.165) is 12.8 Å². The summed E-state index contributed by atoms with van der Waals surface area (Å²) in [6, 6.07) is 23.9. The van der Waals surface area contributed by atoms with E-state index in [1.165, 1.54) is 22.3 Å². The van der Waals surface area contributed by atoms with Crippen LogP contribution < -0.4 is 5.56 Å². The van der Waals surface area contributed by atoms with Crippen LogP contribution in [0.2, 0.25) is 0 Å². The molecule has 178 valence electrons. The summed E-state index contributed by atoms with van der Waals surface area (Å²) in [6.45, 7) is 2.01. The van der Waals surface area contributed by atoms with E-state index in [1.54, 1.807) is 29.1 Å². The summed E-state index contributed by atoms with van der Waals surface area (Å²) in [6.07, 6.45) is 3.79. The van der Waals surface area contributed by atoms with E-state index in [9.17, 15) is 9.59 Å². The van der Waals surface area contributed by atoms with Gasteiger partial charge in [0.15, 0.2) is 0 Å². The highest BCUT2D eigenvalue weighted by Crippen LogP contribution is 2.46. The van der Waals surface area contributed by atoms with Crippen molar-refractivity contribution in [1.82, 2.24) is 14.5 Å². The summed E-state index contributed by atoms with van der Waals surface area (Å²) in [7, 11) is 0. The number of piperidine rings is 1. The van der Waals surface area contributed by atoms with Gasteiger partial charge in [-0.05, 0) is 59.2 Å². The normalized spacial score (nSPS) is 15.5. The maximum atomic E-state index is 13.3. The molecule has 1 aliphatic heterocycles. The molecule has 1 fully saturated rings. The molecule has 0 radical (unpaired) electrons. The maximum absolute atomic E-state index is 13.3. The summed E-state index contributed by atoms with van der Waals surface area (Å²) in [5, 5.41) is 9.60. The summed E-state index contributed by atoms with van der Waals surface area (Å²) >= 11 is 0. The number of rotatable bonds is 4. The smallest absolute Gasteiger partial charge is 0.261 e. The first kappa shape index (κ1) is 22.2. The van der Waals surface area contributed by atoms with Gasteiger partial charge in [-0.2, -0.15) is 5.26 Å². The minimum Gasteiger partial charge on any atom is -0.343 e. The highest BCUT2D eigenvalue weighted by Gasteiger charge is 2.32. The van der Waals surface area contributed by atoms with Crippen molar-refractivity contribution in [3.63, 3.8) is 0 Å². The monoisotopic (exact) mass is 474 g/mol. The molecule has 1 amide bonds. The first-order valence-electron chi connectivity index (χ1n) is 12.5. The molecule has 0 atom stereocenters. The molecule has 1 aromatic heterocycles. The molecule has 0 saturated carbocycles. The Balaban J connectivity index is 1.12. The second kappa shape index (κ2) is 9.09. The number of aromatic nitrogens is 2. The van der Waals surface area contributed by atoms with Crippen molar-refractivity contribution in [3.8, 4) is 17.2 Å². The Kier molecular flexibility index (Phi) is 5.61. The number of hydrogen-bond acceptors (Lipinski definition) is 4. The lowest BCUT2D eigenvalue weighted by Gasteiger charge is -2.33. The predicted octanol–water partition coefficient (Wildman–Crippen LogP) is 4.71. The Morgan fingerprint density at radius 2 is 1.64 bits per heavy atom. The molecule has 0 spiro atoms. The molecule has 3 aromatic carbocycles. The number of hydrogen-bond donors (Lipinski definition) is 0. The largest absolute Gasteiger partial charge is 0.343 e. The lowest BCUT2D eigenvalue weighted by molar-refractivity contribution is -0.132. The number of fused-ring (bicyclic) bond motifs is 4. The number of carbonyl (C=O) groups is 1. The van der Waals surface area contributed by atoms with Crippen LogP contribution in [0.1, 0.15) is 41.9 Å². The zero-order valence-electron chi connectivity index (χ0n) is 19.9. The van der Waals surface area contributed by atoms with E-state index >= 15 is 0 Å². The van der Waals surface area contributed by atoms with Gasteiger partial charge in [-0.25, -0.2) is 4.98 Å². The minimum absolute atomic E-state index is 0.0819. The number of benzene rings is 3. The quantitative estimate of drug-likeness (QED) is 0.429. The third kappa shape index (κ3) is 3.87. The predicted molar refractivity (Wildman–Crippen MR) is 138 cm³/mol. The molecule has 6 nitrogen and oxygen atoms in total. The molecule has 1 saturated heterocycles. The minimum atomic E-state index is -0.0819. The third-order valence-electron chi connectivity index (χ3n) is 7.72. The number of carbonyl (C=O) groups excluding carboxylic acids is 1. The van der Waals surface area contributed by atoms with Gasteiger partial charge in [0.1, 0.15) is 0 Å². The number of likely N-dealkylation sites (tertiary alicyclic amines) is 1. The van der Waals surface area contributed by atoms with Gasteiger partial charge in [0.25, 0.3) is 5.56 Å². The Hall–Kier alpha value is -4.24. The van der Waals surface area contributed by atoms with Crippen LogP contribution in [0.15, 0.2) is 77.9 Å². The first-order valence-corrected chi connectivity index (χ1v) is 12.5. The van der Waals surface area contributed by atoms with Gasteiger partial charge in [-0.15, -0.1) is 0 Å². The first-order chi connectivity index (χ1) is 17.6. The van der Waals surface area contributed by atoms with E-state index in [4.69, 9.17) is 5.26 Å². The molecular formula is C30H26N4O2. The van der Waals surface area contributed by atoms with Crippen LogP contribution in [0.4, 0.5) is 0 Å². The number of nitrogens with zero attached hydrogens (tertiary/aromatic N) is 4. The molecule has 2 aliphatic rings. The van der Waals surface area contributed by atoms with Gasteiger partial charge >= 0.3 is 0 Å². The molecule has 0 unspecified atom stereocenters. The van der Waals surface area contributed by atoms with Crippen LogP contribution in [0.25, 0.3) is 22.0 Å². The van der Waals surface area contributed by atoms with Crippen LogP contribution in [0.5, 0.6) is 0 Å². The van der Waals surface area contributed by atoms with Crippen molar-refractivity contribution < 1.29 is 4.79 Å². The van der Waals surface area contributed by atoms with Crippen molar-refractivity contribution in [2.24, 2.45) is 5.92 Å². The fourth-order valence-corrected chi connectivity index (χ4v) is 5.78. The van der Waals surface area contributed by atoms with E-state index in [1.807, 2.05) is 4.90 Å². The molecule has 0 bridgehead atoms. The fourth-order valence-electron chi connectivity index (χ4n) is 5.78. The van der Waals surface area contributed by atoms with Crippen molar-refractivity contribution in [1.29, 1.82) is 5.26 Å². The van der Waals surface area contributed by atoms with Gasteiger partial charge in [0, 0.05) is 32.0 Å². The second-order valence-corrected chi connectivity index (χ2v) is 9.80. The van der Waals surface area contributed by atoms with Crippen LogP contribution in [0.3, 0.4) is 0 Å². The summed E-state index contributed by atoms with van der Waals surface area (Å²) in [5.74, 6) is 0.617. The van der Waals surface area contributed by atoms with Crippen molar-refractivity contribution >= 4 is 16.8 Å². The Bertz CT molecular complexity index is 1530. The zero-order valence-corrected chi connectivity index (χ0v) is 19.9.